The van der Waals surface area contributed by atoms with Crippen LogP contribution in [0.4, 0.5) is 11.5 Å². The topological polar surface area (TPSA) is 62.3 Å². The highest BCUT2D eigenvalue weighted by Gasteiger charge is 2.22. The molecule has 0 aliphatic heterocycles. The minimum absolute atomic E-state index is 0.212. The molecular weight excluding hydrogens is 286 g/mol. The van der Waals surface area contributed by atoms with Gasteiger partial charge in [0.15, 0.2) is 0 Å². The predicted octanol–water partition coefficient (Wildman–Crippen LogP) is 2.57. The maximum atomic E-state index is 12.7. The number of benzene rings is 1. The van der Waals surface area contributed by atoms with E-state index >= 15 is 0 Å². The first-order valence-electron chi connectivity index (χ1n) is 6.55. The van der Waals surface area contributed by atoms with E-state index in [1.54, 1.807) is 14.1 Å². The Labute approximate surface area is 125 Å². The van der Waals surface area contributed by atoms with Gasteiger partial charge in [0, 0.05) is 26.4 Å². The molecule has 112 valence electrons. The van der Waals surface area contributed by atoms with E-state index in [0.717, 1.165) is 11.1 Å². The van der Waals surface area contributed by atoms with Crippen LogP contribution in [0.5, 0.6) is 0 Å². The molecule has 1 heterocycles. The van der Waals surface area contributed by atoms with Crippen molar-refractivity contribution in [3.05, 3.63) is 47.7 Å². The number of anilines is 2. The smallest absolute Gasteiger partial charge is 0.264 e. The Morgan fingerprint density at radius 1 is 1.10 bits per heavy atom. The van der Waals surface area contributed by atoms with Crippen LogP contribution in [0.25, 0.3) is 0 Å². The predicted molar refractivity (Wildman–Crippen MR) is 85.3 cm³/mol. The Morgan fingerprint density at radius 2 is 1.71 bits per heavy atom. The minimum Gasteiger partial charge on any atom is -0.373 e. The lowest BCUT2D eigenvalue weighted by Gasteiger charge is -2.20. The summed E-state index contributed by atoms with van der Waals surface area (Å²) in [7, 11) is -0.346. The quantitative estimate of drug-likeness (QED) is 0.943. The fourth-order valence-electron chi connectivity index (χ4n) is 2.14. The maximum Gasteiger partial charge on any atom is 0.264 e. The van der Waals surface area contributed by atoms with E-state index in [4.69, 9.17) is 0 Å². The molecule has 0 amide bonds. The summed E-state index contributed by atoms with van der Waals surface area (Å²) in [6.45, 7) is 3.89. The van der Waals surface area contributed by atoms with Crippen LogP contribution in [-0.2, 0) is 10.0 Å². The summed E-state index contributed by atoms with van der Waals surface area (Å²) < 4.78 is 26.7. The molecule has 0 saturated carbocycles. The van der Waals surface area contributed by atoms with E-state index in [1.807, 2.05) is 32.0 Å². The second-order valence-corrected chi connectivity index (χ2v) is 6.91. The summed E-state index contributed by atoms with van der Waals surface area (Å²) in [5, 5.41) is 2.84. The fourth-order valence-corrected chi connectivity index (χ4v) is 3.33. The lowest BCUT2D eigenvalue weighted by molar-refractivity contribution is 0.594. The Morgan fingerprint density at radius 3 is 2.29 bits per heavy atom. The van der Waals surface area contributed by atoms with Crippen molar-refractivity contribution in [3.8, 4) is 0 Å². The highest BCUT2D eigenvalue weighted by Crippen LogP contribution is 2.24. The van der Waals surface area contributed by atoms with Crippen LogP contribution < -0.4 is 9.62 Å². The van der Waals surface area contributed by atoms with Crippen LogP contribution in [0, 0.1) is 13.8 Å². The van der Waals surface area contributed by atoms with Crippen LogP contribution in [0.1, 0.15) is 11.1 Å². The number of pyridine rings is 1. The molecule has 2 aromatic rings. The van der Waals surface area contributed by atoms with Gasteiger partial charge in [0.2, 0.25) is 0 Å². The second-order valence-electron chi connectivity index (χ2n) is 4.95. The molecule has 0 bridgehead atoms. The highest BCUT2D eigenvalue weighted by molar-refractivity contribution is 7.92. The molecule has 1 aromatic heterocycles. The van der Waals surface area contributed by atoms with Gasteiger partial charge < -0.3 is 5.32 Å². The maximum absolute atomic E-state index is 12.7. The number of hydrogen-bond donors (Lipinski definition) is 1. The molecule has 1 aromatic carbocycles. The van der Waals surface area contributed by atoms with Gasteiger partial charge in [0.25, 0.3) is 10.0 Å². The lowest BCUT2D eigenvalue weighted by atomic mass is 10.1. The Hall–Kier alpha value is -2.08. The summed E-state index contributed by atoms with van der Waals surface area (Å²) in [6.07, 6.45) is 1.48. The number of hydrogen-bond acceptors (Lipinski definition) is 4. The van der Waals surface area contributed by atoms with Gasteiger partial charge in [-0.1, -0.05) is 6.07 Å². The van der Waals surface area contributed by atoms with Crippen LogP contribution in [0.3, 0.4) is 0 Å². The lowest BCUT2D eigenvalue weighted by Crippen LogP contribution is -2.26. The summed E-state index contributed by atoms with van der Waals surface area (Å²) in [4.78, 5) is 4.25. The molecule has 6 heteroatoms. The van der Waals surface area contributed by atoms with Crippen molar-refractivity contribution in [2.45, 2.75) is 18.7 Å². The van der Waals surface area contributed by atoms with Crippen LogP contribution in [-0.4, -0.2) is 27.5 Å². The largest absolute Gasteiger partial charge is 0.373 e. The SMILES string of the molecule is CNc1cc(S(=O)(=O)N(C)c2cc(C)cc(C)c2)ccn1. The molecule has 0 aliphatic carbocycles. The number of rotatable bonds is 4. The van der Waals surface area contributed by atoms with Crippen LogP contribution in [0.15, 0.2) is 41.4 Å². The second kappa shape index (κ2) is 5.73. The van der Waals surface area contributed by atoms with E-state index in [0.29, 0.717) is 11.5 Å². The number of sulfonamides is 1. The number of nitrogens with one attached hydrogen (secondary N) is 1. The van der Waals surface area contributed by atoms with Crippen molar-refractivity contribution in [3.63, 3.8) is 0 Å². The summed E-state index contributed by atoms with van der Waals surface area (Å²) >= 11 is 0. The Bertz CT molecular complexity index is 737. The Balaban J connectivity index is 2.47. The van der Waals surface area contributed by atoms with Crippen molar-refractivity contribution >= 4 is 21.5 Å². The fraction of sp³-hybridized carbons (Fsp3) is 0.267. The number of nitrogens with zero attached hydrogens (tertiary/aromatic N) is 2. The third kappa shape index (κ3) is 3.16. The summed E-state index contributed by atoms with van der Waals surface area (Å²) in [5.41, 5.74) is 2.70. The van der Waals surface area contributed by atoms with Gasteiger partial charge in [-0.25, -0.2) is 13.4 Å². The highest BCUT2D eigenvalue weighted by atomic mass is 32.2. The molecule has 5 nitrogen and oxygen atoms in total. The molecule has 1 N–H and O–H groups in total. The van der Waals surface area contributed by atoms with Gasteiger partial charge >= 0.3 is 0 Å². The van der Waals surface area contributed by atoms with Crippen molar-refractivity contribution in [1.29, 1.82) is 0 Å². The van der Waals surface area contributed by atoms with E-state index in [2.05, 4.69) is 10.3 Å². The van der Waals surface area contributed by atoms with Gasteiger partial charge in [-0.05, 0) is 43.2 Å². The van der Waals surface area contributed by atoms with Gasteiger partial charge in [0.05, 0.1) is 10.6 Å². The van der Waals surface area contributed by atoms with Crippen molar-refractivity contribution in [2.75, 3.05) is 23.7 Å². The third-order valence-corrected chi connectivity index (χ3v) is 5.00. The standard InChI is InChI=1S/C15H19N3O2S/c1-11-7-12(2)9-13(8-11)18(4)21(19,20)14-5-6-17-15(10-14)16-3/h5-10H,1-4H3,(H,16,17). The molecule has 0 unspecified atom stereocenters. The van der Waals surface area contributed by atoms with E-state index < -0.39 is 10.0 Å². The van der Waals surface area contributed by atoms with Gasteiger partial charge in [0.1, 0.15) is 5.82 Å². The molecule has 0 aliphatic rings. The van der Waals surface area contributed by atoms with Crippen molar-refractivity contribution < 1.29 is 8.42 Å². The number of aryl methyl sites for hydroxylation is 2. The first kappa shape index (κ1) is 15.3. The van der Waals surface area contributed by atoms with Gasteiger partial charge in [-0.15, -0.1) is 0 Å². The first-order chi connectivity index (χ1) is 9.84. The monoisotopic (exact) mass is 305 g/mol. The third-order valence-electron chi connectivity index (χ3n) is 3.22. The zero-order chi connectivity index (χ0) is 15.6. The first-order valence-corrected chi connectivity index (χ1v) is 7.99. The molecular formula is C15H19N3O2S. The van der Waals surface area contributed by atoms with Gasteiger partial charge in [-0.2, -0.15) is 0 Å². The molecule has 21 heavy (non-hydrogen) atoms. The molecule has 0 atom stereocenters. The zero-order valence-electron chi connectivity index (χ0n) is 12.6. The normalized spacial score (nSPS) is 11.2. The van der Waals surface area contributed by atoms with Crippen molar-refractivity contribution in [2.24, 2.45) is 0 Å². The number of aromatic nitrogens is 1. The summed E-state index contributed by atoms with van der Waals surface area (Å²) in [5.74, 6) is 0.518. The molecule has 0 fully saturated rings. The molecule has 2 rings (SSSR count). The summed E-state index contributed by atoms with van der Waals surface area (Å²) in [6, 6.07) is 8.73. The van der Waals surface area contributed by atoms with Gasteiger partial charge in [-0.3, -0.25) is 4.31 Å². The average Bonchev–Trinajstić information content (AvgIpc) is 2.45. The Kier molecular flexibility index (Phi) is 4.18. The average molecular weight is 305 g/mol. The van der Waals surface area contributed by atoms with E-state index in [9.17, 15) is 8.42 Å². The van der Waals surface area contributed by atoms with Crippen LogP contribution in [0.2, 0.25) is 0 Å². The van der Waals surface area contributed by atoms with Crippen molar-refractivity contribution in [1.82, 2.24) is 4.98 Å². The zero-order valence-corrected chi connectivity index (χ0v) is 13.4. The van der Waals surface area contributed by atoms with E-state index in [-0.39, 0.29) is 4.90 Å². The minimum atomic E-state index is -3.60. The molecule has 0 spiro atoms. The molecule has 0 radical (unpaired) electrons. The van der Waals surface area contributed by atoms with E-state index in [1.165, 1.54) is 22.6 Å². The van der Waals surface area contributed by atoms with Crippen LogP contribution >= 0.6 is 0 Å². The molecule has 0 saturated heterocycles.